The molecular weight excluding hydrogens is 313 g/mol. The van der Waals surface area contributed by atoms with Gasteiger partial charge < -0.3 is 10.4 Å². The first-order valence-corrected chi connectivity index (χ1v) is 6.79. The first-order chi connectivity index (χ1) is 9.99. The summed E-state index contributed by atoms with van der Waals surface area (Å²) in [5.41, 5.74) is 0.764. The van der Waals surface area contributed by atoms with Crippen LogP contribution in [0.15, 0.2) is 42.5 Å². The fraction of sp³-hybridized carbons (Fsp3) is 0.0667. The minimum Gasteiger partial charge on any atom is -0.478 e. The second kappa shape index (κ2) is 6.61. The number of hydrogen-bond acceptors (Lipinski definition) is 2. The zero-order valence-corrected chi connectivity index (χ0v) is 12.3. The second-order valence-corrected chi connectivity index (χ2v) is 5.09. The van der Waals surface area contributed by atoms with E-state index < -0.39 is 11.9 Å². The number of amides is 1. The lowest BCUT2D eigenvalue weighted by atomic mass is 10.1. The number of carboxylic acid groups (broad SMARTS) is 1. The molecular formula is C15H11Cl2NO3. The second-order valence-electron chi connectivity index (χ2n) is 4.28. The minimum atomic E-state index is -1.11. The van der Waals surface area contributed by atoms with Gasteiger partial charge in [-0.2, -0.15) is 0 Å². The maximum Gasteiger partial charge on any atom is 0.337 e. The third-order valence-corrected chi connectivity index (χ3v) is 3.54. The number of aromatic carboxylic acids is 1. The molecule has 0 unspecified atom stereocenters. The number of benzene rings is 2. The van der Waals surface area contributed by atoms with Gasteiger partial charge in [-0.25, -0.2) is 4.79 Å². The van der Waals surface area contributed by atoms with Crippen LogP contribution < -0.4 is 5.32 Å². The van der Waals surface area contributed by atoms with E-state index in [9.17, 15) is 9.59 Å². The van der Waals surface area contributed by atoms with E-state index >= 15 is 0 Å². The number of halogens is 2. The highest BCUT2D eigenvalue weighted by Gasteiger charge is 2.14. The van der Waals surface area contributed by atoms with Crippen molar-refractivity contribution in [1.82, 2.24) is 0 Å². The molecule has 0 saturated carbocycles. The summed E-state index contributed by atoms with van der Waals surface area (Å²) in [5.74, 6) is -1.50. The molecule has 0 aromatic heterocycles. The summed E-state index contributed by atoms with van der Waals surface area (Å²) in [6.07, 6.45) is -0.0353. The molecule has 2 aromatic rings. The maximum atomic E-state index is 12.0. The van der Waals surface area contributed by atoms with Crippen LogP contribution in [0.4, 0.5) is 5.69 Å². The number of carbonyl (C=O) groups excluding carboxylic acids is 1. The third kappa shape index (κ3) is 3.74. The topological polar surface area (TPSA) is 66.4 Å². The first kappa shape index (κ1) is 15.4. The SMILES string of the molecule is O=C(Cc1c(Cl)cccc1Cl)Nc1ccccc1C(=O)O. The summed E-state index contributed by atoms with van der Waals surface area (Å²) in [6.45, 7) is 0. The van der Waals surface area contributed by atoms with Gasteiger partial charge in [0.25, 0.3) is 0 Å². The van der Waals surface area contributed by atoms with E-state index in [4.69, 9.17) is 28.3 Å². The predicted octanol–water partition coefficient (Wildman–Crippen LogP) is 3.87. The van der Waals surface area contributed by atoms with Crippen LogP contribution in [-0.4, -0.2) is 17.0 Å². The van der Waals surface area contributed by atoms with Gasteiger partial charge in [0.1, 0.15) is 0 Å². The Morgan fingerprint density at radius 2 is 1.62 bits per heavy atom. The lowest BCUT2D eigenvalue weighted by Gasteiger charge is -2.10. The van der Waals surface area contributed by atoms with Crippen molar-refractivity contribution in [3.8, 4) is 0 Å². The molecule has 0 heterocycles. The van der Waals surface area contributed by atoms with Crippen molar-refractivity contribution in [3.63, 3.8) is 0 Å². The van der Waals surface area contributed by atoms with Crippen molar-refractivity contribution in [2.24, 2.45) is 0 Å². The molecule has 21 heavy (non-hydrogen) atoms. The largest absolute Gasteiger partial charge is 0.478 e. The summed E-state index contributed by atoms with van der Waals surface area (Å²) in [4.78, 5) is 23.1. The Morgan fingerprint density at radius 1 is 1.00 bits per heavy atom. The summed E-state index contributed by atoms with van der Waals surface area (Å²) in [6, 6.07) is 11.1. The summed E-state index contributed by atoms with van der Waals surface area (Å²) >= 11 is 12.0. The van der Waals surface area contributed by atoms with E-state index in [1.54, 1.807) is 30.3 Å². The fourth-order valence-corrected chi connectivity index (χ4v) is 2.37. The summed E-state index contributed by atoms with van der Waals surface area (Å²) in [5, 5.41) is 12.4. The average molecular weight is 324 g/mol. The summed E-state index contributed by atoms with van der Waals surface area (Å²) in [7, 11) is 0. The third-order valence-electron chi connectivity index (χ3n) is 2.83. The Labute approximate surface area is 131 Å². The molecule has 1 amide bonds. The van der Waals surface area contributed by atoms with Gasteiger partial charge in [0.15, 0.2) is 0 Å². The number of nitrogens with one attached hydrogen (secondary N) is 1. The molecule has 2 rings (SSSR count). The van der Waals surface area contributed by atoms with Gasteiger partial charge in [0.05, 0.1) is 17.7 Å². The smallest absolute Gasteiger partial charge is 0.337 e. The van der Waals surface area contributed by atoms with E-state index in [2.05, 4.69) is 5.32 Å². The number of rotatable bonds is 4. The highest BCUT2D eigenvalue weighted by molar-refractivity contribution is 6.36. The lowest BCUT2D eigenvalue weighted by Crippen LogP contribution is -2.17. The van der Waals surface area contributed by atoms with Crippen LogP contribution in [0.2, 0.25) is 10.0 Å². The van der Waals surface area contributed by atoms with Gasteiger partial charge >= 0.3 is 5.97 Å². The van der Waals surface area contributed by atoms with E-state index in [0.29, 0.717) is 15.6 Å². The molecule has 0 bridgehead atoms. The van der Waals surface area contributed by atoms with Gasteiger partial charge in [-0.15, -0.1) is 0 Å². The van der Waals surface area contributed by atoms with Crippen LogP contribution in [0.1, 0.15) is 15.9 Å². The Kier molecular flexibility index (Phi) is 4.83. The first-order valence-electron chi connectivity index (χ1n) is 6.04. The molecule has 0 atom stereocenters. The van der Waals surface area contributed by atoms with Crippen molar-refractivity contribution in [1.29, 1.82) is 0 Å². The molecule has 2 N–H and O–H groups in total. The molecule has 0 aliphatic rings. The van der Waals surface area contributed by atoms with E-state index in [-0.39, 0.29) is 17.7 Å². The lowest BCUT2D eigenvalue weighted by molar-refractivity contribution is -0.115. The quantitative estimate of drug-likeness (QED) is 0.897. The van der Waals surface area contributed by atoms with Gasteiger partial charge in [-0.3, -0.25) is 4.79 Å². The average Bonchev–Trinajstić information content (AvgIpc) is 2.43. The molecule has 6 heteroatoms. The molecule has 0 radical (unpaired) electrons. The Balaban J connectivity index is 2.18. The fourth-order valence-electron chi connectivity index (χ4n) is 1.83. The van der Waals surface area contributed by atoms with Crippen molar-refractivity contribution >= 4 is 40.8 Å². The van der Waals surface area contributed by atoms with Crippen molar-refractivity contribution in [3.05, 3.63) is 63.6 Å². The molecule has 0 spiro atoms. The molecule has 108 valence electrons. The van der Waals surface area contributed by atoms with Crippen LogP contribution in [0.25, 0.3) is 0 Å². The standard InChI is InChI=1S/C15H11Cl2NO3/c16-11-5-3-6-12(17)10(11)8-14(19)18-13-7-2-1-4-9(13)15(20)21/h1-7H,8H2,(H,18,19)(H,20,21). The zero-order chi connectivity index (χ0) is 15.4. The zero-order valence-electron chi connectivity index (χ0n) is 10.8. The Hall–Kier alpha value is -2.04. The summed E-state index contributed by atoms with van der Waals surface area (Å²) < 4.78 is 0. The van der Waals surface area contributed by atoms with Crippen molar-refractivity contribution in [2.75, 3.05) is 5.32 Å². The van der Waals surface area contributed by atoms with Gasteiger partial charge in [-0.05, 0) is 29.8 Å². The van der Waals surface area contributed by atoms with Gasteiger partial charge in [-0.1, -0.05) is 41.4 Å². The maximum absolute atomic E-state index is 12.0. The van der Waals surface area contributed by atoms with E-state index in [1.165, 1.54) is 12.1 Å². The highest BCUT2D eigenvalue weighted by Crippen LogP contribution is 2.25. The highest BCUT2D eigenvalue weighted by atomic mass is 35.5. The number of carboxylic acids is 1. The Bertz CT molecular complexity index is 681. The normalized spacial score (nSPS) is 10.2. The number of carbonyl (C=O) groups is 2. The molecule has 0 aliphatic carbocycles. The monoisotopic (exact) mass is 323 g/mol. The molecule has 0 aliphatic heterocycles. The van der Waals surface area contributed by atoms with Crippen molar-refractivity contribution < 1.29 is 14.7 Å². The molecule has 2 aromatic carbocycles. The van der Waals surface area contributed by atoms with Crippen LogP contribution in [0.5, 0.6) is 0 Å². The molecule has 0 saturated heterocycles. The number of para-hydroxylation sites is 1. The minimum absolute atomic E-state index is 0.0242. The number of anilines is 1. The number of hydrogen-bond donors (Lipinski definition) is 2. The van der Waals surface area contributed by atoms with Crippen LogP contribution >= 0.6 is 23.2 Å². The molecule has 0 fully saturated rings. The van der Waals surface area contributed by atoms with Gasteiger partial charge in [0.2, 0.25) is 5.91 Å². The van der Waals surface area contributed by atoms with Gasteiger partial charge in [0, 0.05) is 10.0 Å². The van der Waals surface area contributed by atoms with Crippen LogP contribution in [0.3, 0.4) is 0 Å². The van der Waals surface area contributed by atoms with Crippen molar-refractivity contribution in [2.45, 2.75) is 6.42 Å². The van der Waals surface area contributed by atoms with E-state index in [1.807, 2.05) is 0 Å². The van der Waals surface area contributed by atoms with Crippen LogP contribution in [0, 0.1) is 0 Å². The Morgan fingerprint density at radius 3 is 2.24 bits per heavy atom. The van der Waals surface area contributed by atoms with Crippen LogP contribution in [-0.2, 0) is 11.2 Å². The van der Waals surface area contributed by atoms with E-state index in [0.717, 1.165) is 0 Å². The predicted molar refractivity (Wildman–Crippen MR) is 82.2 cm³/mol. The molecule has 4 nitrogen and oxygen atoms in total.